The molecule has 0 fully saturated rings. The van der Waals surface area contributed by atoms with Crippen molar-refractivity contribution in [3.63, 3.8) is 0 Å². The molecule has 1 aliphatic heterocycles. The number of amides is 2. The number of nitrogens with one attached hydrogen (secondary N) is 1. The minimum Gasteiger partial charge on any atom is -0.497 e. The number of fused-ring (bicyclic) bond motifs is 1. The number of carbonyl (C=O) groups excluding carboxylic acids is 2. The molecule has 5 nitrogen and oxygen atoms in total. The number of rotatable bonds is 7. The monoisotopic (exact) mass is 380 g/mol. The number of benzene rings is 2. The van der Waals surface area contributed by atoms with Gasteiger partial charge in [-0.25, -0.2) is 0 Å². The predicted octanol–water partition coefficient (Wildman–Crippen LogP) is 3.36. The first-order chi connectivity index (χ1) is 13.5. The molecule has 1 heterocycles. The molecule has 148 valence electrons. The minimum atomic E-state index is -0.517. The summed E-state index contributed by atoms with van der Waals surface area (Å²) in [6, 6.07) is 14.9. The average Bonchev–Trinajstić information content (AvgIpc) is 3.11. The van der Waals surface area contributed by atoms with Gasteiger partial charge in [0.15, 0.2) is 0 Å². The van der Waals surface area contributed by atoms with E-state index in [1.54, 1.807) is 7.11 Å². The highest BCUT2D eigenvalue weighted by atomic mass is 16.5. The highest BCUT2D eigenvalue weighted by molar-refractivity contribution is 6.00. The standard InChI is InChI=1S/C23H28N2O3/c1-16(2)14-20(23(27)25-13-12-18-6-4-5-7-21(18)25)24-22(26)15-17-8-10-19(28-3)11-9-17/h4-11,16,20H,12-15H2,1-3H3,(H,24,26)/t20-/m0/s1. The van der Waals surface area contributed by atoms with Crippen molar-refractivity contribution in [1.29, 1.82) is 0 Å². The molecule has 0 saturated heterocycles. The zero-order valence-electron chi connectivity index (χ0n) is 16.8. The first-order valence-electron chi connectivity index (χ1n) is 9.79. The summed E-state index contributed by atoms with van der Waals surface area (Å²) in [5, 5.41) is 2.97. The molecule has 1 aliphatic rings. The van der Waals surface area contributed by atoms with E-state index in [2.05, 4.69) is 25.2 Å². The topological polar surface area (TPSA) is 58.6 Å². The number of hydrogen-bond donors (Lipinski definition) is 1. The Morgan fingerprint density at radius 2 is 1.82 bits per heavy atom. The van der Waals surface area contributed by atoms with Gasteiger partial charge in [-0.3, -0.25) is 9.59 Å². The first kappa shape index (κ1) is 19.9. The van der Waals surface area contributed by atoms with Crippen LogP contribution in [0.2, 0.25) is 0 Å². The van der Waals surface area contributed by atoms with Crippen LogP contribution in [0.4, 0.5) is 5.69 Å². The van der Waals surface area contributed by atoms with Gasteiger partial charge >= 0.3 is 0 Å². The summed E-state index contributed by atoms with van der Waals surface area (Å²) in [6.45, 7) is 4.79. The molecular formula is C23H28N2O3. The predicted molar refractivity (Wildman–Crippen MR) is 111 cm³/mol. The van der Waals surface area contributed by atoms with Crippen molar-refractivity contribution < 1.29 is 14.3 Å². The fourth-order valence-corrected chi connectivity index (χ4v) is 3.62. The van der Waals surface area contributed by atoms with E-state index in [0.717, 1.165) is 23.4 Å². The van der Waals surface area contributed by atoms with Crippen molar-refractivity contribution in [2.24, 2.45) is 5.92 Å². The van der Waals surface area contributed by atoms with Gasteiger partial charge in [-0.15, -0.1) is 0 Å². The average molecular weight is 380 g/mol. The Bertz CT molecular complexity index is 830. The van der Waals surface area contributed by atoms with E-state index in [0.29, 0.717) is 18.9 Å². The maximum atomic E-state index is 13.2. The molecule has 2 aromatic rings. The molecule has 0 bridgehead atoms. The van der Waals surface area contributed by atoms with Crippen LogP contribution >= 0.6 is 0 Å². The third kappa shape index (κ3) is 4.71. The Morgan fingerprint density at radius 1 is 1.11 bits per heavy atom. The van der Waals surface area contributed by atoms with Gasteiger partial charge < -0.3 is 15.0 Å². The lowest BCUT2D eigenvalue weighted by atomic mass is 10.0. The van der Waals surface area contributed by atoms with Gasteiger partial charge in [-0.05, 0) is 48.1 Å². The van der Waals surface area contributed by atoms with Crippen molar-refractivity contribution >= 4 is 17.5 Å². The molecule has 0 unspecified atom stereocenters. The number of para-hydroxylation sites is 1. The lowest BCUT2D eigenvalue weighted by Crippen LogP contribution is -2.49. The quantitative estimate of drug-likeness (QED) is 0.801. The number of hydrogen-bond acceptors (Lipinski definition) is 3. The molecule has 2 amide bonds. The fourth-order valence-electron chi connectivity index (χ4n) is 3.62. The SMILES string of the molecule is COc1ccc(CC(=O)N[C@@H](CC(C)C)C(=O)N2CCc3ccccc32)cc1. The van der Waals surface area contributed by atoms with Crippen LogP contribution in [0.25, 0.3) is 0 Å². The van der Waals surface area contributed by atoms with Gasteiger partial charge in [0, 0.05) is 12.2 Å². The summed E-state index contributed by atoms with van der Waals surface area (Å²) in [5.41, 5.74) is 3.04. The Balaban J connectivity index is 1.69. The van der Waals surface area contributed by atoms with Crippen LogP contribution in [0.5, 0.6) is 5.75 Å². The fraction of sp³-hybridized carbons (Fsp3) is 0.391. The largest absolute Gasteiger partial charge is 0.497 e. The van der Waals surface area contributed by atoms with Gasteiger partial charge in [0.1, 0.15) is 11.8 Å². The van der Waals surface area contributed by atoms with Crippen molar-refractivity contribution in [2.75, 3.05) is 18.6 Å². The van der Waals surface area contributed by atoms with E-state index in [-0.39, 0.29) is 18.2 Å². The Kier molecular flexibility index (Phi) is 6.34. The first-order valence-corrected chi connectivity index (χ1v) is 9.79. The van der Waals surface area contributed by atoms with Gasteiger partial charge in [-0.2, -0.15) is 0 Å². The summed E-state index contributed by atoms with van der Waals surface area (Å²) >= 11 is 0. The maximum Gasteiger partial charge on any atom is 0.249 e. The minimum absolute atomic E-state index is 0.0262. The second kappa shape index (κ2) is 8.91. The van der Waals surface area contributed by atoms with Crippen LogP contribution in [-0.2, 0) is 22.4 Å². The molecule has 0 aromatic heterocycles. The molecular weight excluding hydrogens is 352 g/mol. The van der Waals surface area contributed by atoms with Crippen LogP contribution in [0.15, 0.2) is 48.5 Å². The maximum absolute atomic E-state index is 13.2. The number of anilines is 1. The zero-order chi connectivity index (χ0) is 20.1. The van der Waals surface area contributed by atoms with Crippen LogP contribution in [0, 0.1) is 5.92 Å². The van der Waals surface area contributed by atoms with Crippen LogP contribution < -0.4 is 15.0 Å². The molecule has 5 heteroatoms. The second-order valence-corrected chi connectivity index (χ2v) is 7.64. The second-order valence-electron chi connectivity index (χ2n) is 7.64. The summed E-state index contributed by atoms with van der Waals surface area (Å²) < 4.78 is 5.15. The van der Waals surface area contributed by atoms with Gasteiger partial charge in [0.05, 0.1) is 13.5 Å². The number of methoxy groups -OCH3 is 1. The molecule has 1 atom stereocenters. The Labute approximate surface area is 166 Å². The summed E-state index contributed by atoms with van der Waals surface area (Å²) in [7, 11) is 1.61. The van der Waals surface area contributed by atoms with Crippen molar-refractivity contribution in [2.45, 2.75) is 39.2 Å². The summed E-state index contributed by atoms with van der Waals surface area (Å²) in [4.78, 5) is 27.6. The van der Waals surface area contributed by atoms with Crippen molar-refractivity contribution in [3.05, 3.63) is 59.7 Å². The van der Waals surface area contributed by atoms with Gasteiger partial charge in [-0.1, -0.05) is 44.2 Å². The molecule has 1 N–H and O–H groups in total. The van der Waals surface area contributed by atoms with Crippen LogP contribution in [0.3, 0.4) is 0 Å². The molecule has 28 heavy (non-hydrogen) atoms. The smallest absolute Gasteiger partial charge is 0.249 e. The zero-order valence-corrected chi connectivity index (χ0v) is 16.8. The lowest BCUT2D eigenvalue weighted by Gasteiger charge is -2.26. The van der Waals surface area contributed by atoms with Crippen LogP contribution in [-0.4, -0.2) is 31.5 Å². The Hall–Kier alpha value is -2.82. The molecule has 0 spiro atoms. The van der Waals surface area contributed by atoms with Crippen molar-refractivity contribution in [3.8, 4) is 5.75 Å². The Morgan fingerprint density at radius 3 is 2.50 bits per heavy atom. The van der Waals surface area contributed by atoms with E-state index in [9.17, 15) is 9.59 Å². The lowest BCUT2D eigenvalue weighted by molar-refractivity contribution is -0.127. The third-order valence-corrected chi connectivity index (χ3v) is 5.02. The summed E-state index contributed by atoms with van der Waals surface area (Å²) in [6.07, 6.45) is 1.71. The third-order valence-electron chi connectivity index (χ3n) is 5.02. The number of carbonyl (C=O) groups is 2. The molecule has 3 rings (SSSR count). The van der Waals surface area contributed by atoms with E-state index in [1.807, 2.05) is 47.4 Å². The molecule has 0 radical (unpaired) electrons. The van der Waals surface area contributed by atoms with E-state index < -0.39 is 6.04 Å². The van der Waals surface area contributed by atoms with E-state index in [4.69, 9.17) is 4.74 Å². The van der Waals surface area contributed by atoms with Gasteiger partial charge in [0.25, 0.3) is 0 Å². The highest BCUT2D eigenvalue weighted by Crippen LogP contribution is 2.28. The number of nitrogens with zero attached hydrogens (tertiary/aromatic N) is 1. The molecule has 0 aliphatic carbocycles. The molecule has 2 aromatic carbocycles. The molecule has 0 saturated carbocycles. The van der Waals surface area contributed by atoms with Crippen molar-refractivity contribution in [1.82, 2.24) is 5.32 Å². The highest BCUT2D eigenvalue weighted by Gasteiger charge is 2.31. The number of ether oxygens (including phenoxy) is 1. The van der Waals surface area contributed by atoms with Crippen LogP contribution in [0.1, 0.15) is 31.4 Å². The van der Waals surface area contributed by atoms with E-state index in [1.165, 1.54) is 5.56 Å². The van der Waals surface area contributed by atoms with Gasteiger partial charge in [0.2, 0.25) is 11.8 Å². The van der Waals surface area contributed by atoms with E-state index >= 15 is 0 Å². The normalized spacial score (nSPS) is 13.9. The summed E-state index contributed by atoms with van der Waals surface area (Å²) in [5.74, 6) is 0.885.